The summed E-state index contributed by atoms with van der Waals surface area (Å²) in [6.07, 6.45) is 2.69. The highest BCUT2D eigenvalue weighted by atomic mass is 16.5. The van der Waals surface area contributed by atoms with Crippen molar-refractivity contribution in [1.82, 2.24) is 5.32 Å². The molecule has 1 aromatic carbocycles. The molecule has 0 amide bonds. The molecule has 7 heteroatoms. The number of fused-ring (bicyclic) bond motifs is 1. The van der Waals surface area contributed by atoms with E-state index in [1.54, 1.807) is 7.11 Å². The first kappa shape index (κ1) is 22.3. The first-order valence-electron chi connectivity index (χ1n) is 10.2. The zero-order valence-electron chi connectivity index (χ0n) is 17.5. The maximum Gasteiger partial charge on any atom is 0.195 e. The van der Waals surface area contributed by atoms with Gasteiger partial charge in [0.25, 0.3) is 0 Å². The molecule has 28 heavy (non-hydrogen) atoms. The Labute approximate surface area is 168 Å². The normalized spacial score (nSPS) is 14.1. The first-order valence-corrected chi connectivity index (χ1v) is 10.2. The molecule has 2 N–H and O–H groups in total. The molecule has 158 valence electrons. The summed E-state index contributed by atoms with van der Waals surface area (Å²) in [5, 5.41) is 6.73. The van der Waals surface area contributed by atoms with E-state index in [1.807, 2.05) is 18.2 Å². The maximum absolute atomic E-state index is 5.77. The number of methoxy groups -OCH3 is 1. The van der Waals surface area contributed by atoms with E-state index in [2.05, 4.69) is 29.5 Å². The van der Waals surface area contributed by atoms with Gasteiger partial charge in [-0.15, -0.1) is 0 Å². The lowest BCUT2D eigenvalue weighted by Gasteiger charge is -2.15. The van der Waals surface area contributed by atoms with Gasteiger partial charge < -0.3 is 29.6 Å². The fourth-order valence-corrected chi connectivity index (χ4v) is 2.62. The molecule has 0 bridgehead atoms. The smallest absolute Gasteiger partial charge is 0.195 e. The third kappa shape index (κ3) is 8.80. The van der Waals surface area contributed by atoms with Gasteiger partial charge in [0, 0.05) is 58.2 Å². The van der Waals surface area contributed by atoms with Gasteiger partial charge in [-0.2, -0.15) is 0 Å². The predicted molar refractivity (Wildman–Crippen MR) is 113 cm³/mol. The van der Waals surface area contributed by atoms with Crippen LogP contribution in [0.15, 0.2) is 23.2 Å². The predicted octanol–water partition coefficient (Wildman–Crippen LogP) is 3.30. The molecule has 1 aliphatic rings. The number of nitrogens with one attached hydrogen (secondary N) is 2. The van der Waals surface area contributed by atoms with Crippen molar-refractivity contribution < 1.29 is 18.9 Å². The quantitative estimate of drug-likeness (QED) is 0.341. The number of anilines is 1. The van der Waals surface area contributed by atoms with E-state index in [-0.39, 0.29) is 0 Å². The molecule has 0 aliphatic carbocycles. The SMILES string of the molecule is COCCCN=C(NCCCOCC(C)C)Nc1ccc2c(c1)OCCCO2. The molecular weight excluding hydrogens is 358 g/mol. The van der Waals surface area contributed by atoms with E-state index < -0.39 is 0 Å². The van der Waals surface area contributed by atoms with Crippen molar-refractivity contribution in [2.75, 3.05) is 58.6 Å². The monoisotopic (exact) mass is 393 g/mol. The van der Waals surface area contributed by atoms with Gasteiger partial charge in [-0.3, -0.25) is 4.99 Å². The zero-order valence-corrected chi connectivity index (χ0v) is 17.5. The Kier molecular flexibility index (Phi) is 10.5. The number of aliphatic imine (C=N–C) groups is 1. The molecule has 0 aromatic heterocycles. The number of ether oxygens (including phenoxy) is 4. The van der Waals surface area contributed by atoms with Gasteiger partial charge in [-0.1, -0.05) is 13.8 Å². The third-order valence-corrected chi connectivity index (χ3v) is 4.00. The van der Waals surface area contributed by atoms with Gasteiger partial charge in [-0.25, -0.2) is 0 Å². The van der Waals surface area contributed by atoms with Crippen LogP contribution in [0.4, 0.5) is 5.69 Å². The zero-order chi connectivity index (χ0) is 20.0. The van der Waals surface area contributed by atoms with E-state index in [4.69, 9.17) is 18.9 Å². The van der Waals surface area contributed by atoms with Gasteiger partial charge in [0.2, 0.25) is 0 Å². The molecule has 0 spiro atoms. The number of hydrogen-bond donors (Lipinski definition) is 2. The van der Waals surface area contributed by atoms with Crippen molar-refractivity contribution >= 4 is 11.6 Å². The minimum absolute atomic E-state index is 0.562. The van der Waals surface area contributed by atoms with Gasteiger partial charge in [0.15, 0.2) is 17.5 Å². The third-order valence-electron chi connectivity index (χ3n) is 4.00. The van der Waals surface area contributed by atoms with Crippen LogP contribution in [0.3, 0.4) is 0 Å². The number of rotatable bonds is 11. The van der Waals surface area contributed by atoms with Crippen molar-refractivity contribution in [2.24, 2.45) is 10.9 Å². The summed E-state index contributed by atoms with van der Waals surface area (Å²) in [6.45, 7) is 9.39. The van der Waals surface area contributed by atoms with Crippen LogP contribution in [-0.2, 0) is 9.47 Å². The topological polar surface area (TPSA) is 73.3 Å². The van der Waals surface area contributed by atoms with Crippen molar-refractivity contribution in [3.63, 3.8) is 0 Å². The average Bonchev–Trinajstić information content (AvgIpc) is 2.92. The van der Waals surface area contributed by atoms with E-state index in [1.165, 1.54) is 0 Å². The number of hydrogen-bond acceptors (Lipinski definition) is 5. The van der Waals surface area contributed by atoms with Crippen LogP contribution in [0.1, 0.15) is 33.1 Å². The molecule has 1 aliphatic heterocycles. The minimum atomic E-state index is 0.562. The van der Waals surface area contributed by atoms with Crippen molar-refractivity contribution in [3.8, 4) is 11.5 Å². The second-order valence-electron chi connectivity index (χ2n) is 7.16. The maximum atomic E-state index is 5.77. The summed E-state index contributed by atoms with van der Waals surface area (Å²) in [7, 11) is 1.70. The molecular formula is C21H35N3O4. The lowest BCUT2D eigenvalue weighted by atomic mass is 10.2. The van der Waals surface area contributed by atoms with Crippen molar-refractivity contribution in [3.05, 3.63) is 18.2 Å². The van der Waals surface area contributed by atoms with Gasteiger partial charge in [-0.05, 0) is 30.9 Å². The van der Waals surface area contributed by atoms with E-state index in [0.717, 1.165) is 62.2 Å². The van der Waals surface area contributed by atoms with Crippen molar-refractivity contribution in [2.45, 2.75) is 33.1 Å². The Hall–Kier alpha value is -1.99. The second-order valence-corrected chi connectivity index (χ2v) is 7.16. The molecule has 0 saturated heterocycles. The molecule has 0 radical (unpaired) electrons. The Bertz CT molecular complexity index is 593. The lowest BCUT2D eigenvalue weighted by molar-refractivity contribution is 0.108. The van der Waals surface area contributed by atoms with Crippen LogP contribution >= 0.6 is 0 Å². The highest BCUT2D eigenvalue weighted by molar-refractivity contribution is 5.93. The Morgan fingerprint density at radius 3 is 2.75 bits per heavy atom. The Balaban J connectivity index is 1.88. The number of guanidine groups is 1. The average molecular weight is 394 g/mol. The Morgan fingerprint density at radius 2 is 1.96 bits per heavy atom. The summed E-state index contributed by atoms with van der Waals surface area (Å²) in [4.78, 5) is 4.63. The van der Waals surface area contributed by atoms with Crippen LogP contribution in [0.25, 0.3) is 0 Å². The fraction of sp³-hybridized carbons (Fsp3) is 0.667. The van der Waals surface area contributed by atoms with Crippen LogP contribution in [-0.4, -0.2) is 59.2 Å². The summed E-state index contributed by atoms with van der Waals surface area (Å²) in [5.41, 5.74) is 0.915. The van der Waals surface area contributed by atoms with Gasteiger partial charge in [0.05, 0.1) is 13.2 Å². The lowest BCUT2D eigenvalue weighted by Crippen LogP contribution is -2.32. The van der Waals surface area contributed by atoms with Crippen molar-refractivity contribution in [1.29, 1.82) is 0 Å². The van der Waals surface area contributed by atoms with Crippen LogP contribution in [0, 0.1) is 5.92 Å². The van der Waals surface area contributed by atoms with Gasteiger partial charge >= 0.3 is 0 Å². The molecule has 0 unspecified atom stereocenters. The standard InChI is InChI=1S/C21H35N3O4/c1-17(2)16-26-12-5-10-23-21(22-9-4-11-25-3)24-18-7-8-19-20(15-18)28-14-6-13-27-19/h7-8,15,17H,4-6,9-14,16H2,1-3H3,(H2,22,23,24). The van der Waals surface area contributed by atoms with Crippen LogP contribution in [0.5, 0.6) is 11.5 Å². The first-order chi connectivity index (χ1) is 13.7. The van der Waals surface area contributed by atoms with Crippen LogP contribution in [0.2, 0.25) is 0 Å². The van der Waals surface area contributed by atoms with Crippen LogP contribution < -0.4 is 20.1 Å². The molecule has 2 rings (SSSR count). The fourth-order valence-electron chi connectivity index (χ4n) is 2.62. The molecule has 0 saturated carbocycles. The number of nitrogens with zero attached hydrogens (tertiary/aromatic N) is 1. The highest BCUT2D eigenvalue weighted by Gasteiger charge is 2.11. The van der Waals surface area contributed by atoms with E-state index >= 15 is 0 Å². The number of benzene rings is 1. The van der Waals surface area contributed by atoms with E-state index in [0.29, 0.717) is 32.3 Å². The molecule has 1 aromatic rings. The van der Waals surface area contributed by atoms with E-state index in [9.17, 15) is 0 Å². The second kappa shape index (κ2) is 13.2. The summed E-state index contributed by atoms with van der Waals surface area (Å²) < 4.78 is 22.2. The largest absolute Gasteiger partial charge is 0.490 e. The summed E-state index contributed by atoms with van der Waals surface area (Å²) in [6, 6.07) is 5.87. The molecule has 7 nitrogen and oxygen atoms in total. The Morgan fingerprint density at radius 1 is 1.14 bits per heavy atom. The molecule has 0 atom stereocenters. The molecule has 0 fully saturated rings. The molecule has 1 heterocycles. The summed E-state index contributed by atoms with van der Waals surface area (Å²) in [5.74, 6) is 2.86. The van der Waals surface area contributed by atoms with Gasteiger partial charge in [0.1, 0.15) is 0 Å². The minimum Gasteiger partial charge on any atom is -0.490 e. The highest BCUT2D eigenvalue weighted by Crippen LogP contribution is 2.32. The summed E-state index contributed by atoms with van der Waals surface area (Å²) >= 11 is 0.